The van der Waals surface area contributed by atoms with Crippen LogP contribution in [0, 0.1) is 0 Å². The van der Waals surface area contributed by atoms with E-state index in [0.29, 0.717) is 6.04 Å². The first-order valence-electron chi connectivity index (χ1n) is 6.83. The number of amidine groups is 1. The van der Waals surface area contributed by atoms with Crippen molar-refractivity contribution < 1.29 is 4.74 Å². The van der Waals surface area contributed by atoms with Gasteiger partial charge in [-0.05, 0) is 0 Å². The third-order valence-corrected chi connectivity index (χ3v) is 4.41. The molecule has 0 unspecified atom stereocenters. The van der Waals surface area contributed by atoms with Crippen LogP contribution in [0.4, 0.5) is 5.69 Å². The molecule has 0 bridgehead atoms. The molecule has 0 spiro atoms. The summed E-state index contributed by atoms with van der Waals surface area (Å²) in [5.74, 6) is 0.878. The summed E-state index contributed by atoms with van der Waals surface area (Å²) in [4.78, 5) is 6.90. The Labute approximate surface area is 123 Å². The van der Waals surface area contributed by atoms with E-state index in [-0.39, 0.29) is 0 Å². The number of hydrogen-bond acceptors (Lipinski definition) is 2. The number of rotatable bonds is 3. The second-order valence-electron chi connectivity index (χ2n) is 4.96. The summed E-state index contributed by atoms with van der Waals surface area (Å²) in [6.07, 6.45) is 6.44. The van der Waals surface area contributed by atoms with E-state index in [1.165, 1.54) is 32.1 Å². The van der Waals surface area contributed by atoms with Gasteiger partial charge in [-0.25, -0.2) is 0 Å². The number of methoxy groups -OCH3 is 1. The number of hydrogen-bond donors (Lipinski definition) is 0. The van der Waals surface area contributed by atoms with Gasteiger partial charge in [-0.2, -0.15) is 0 Å². The Morgan fingerprint density at radius 2 is 1.84 bits per heavy atom. The van der Waals surface area contributed by atoms with Gasteiger partial charge < -0.3 is 0 Å². The van der Waals surface area contributed by atoms with Crippen LogP contribution in [-0.2, 0) is 0 Å². The molecule has 103 valence electrons. The van der Waals surface area contributed by atoms with Gasteiger partial charge in [0.25, 0.3) is 0 Å². The summed E-state index contributed by atoms with van der Waals surface area (Å²) in [6.45, 7) is 0. The molecule has 3 nitrogen and oxygen atoms in total. The molecule has 1 saturated carbocycles. The number of anilines is 1. The van der Waals surface area contributed by atoms with Crippen LogP contribution in [0.1, 0.15) is 32.1 Å². The molecule has 0 amide bonds. The van der Waals surface area contributed by atoms with Crippen LogP contribution in [0.15, 0.2) is 29.3 Å². The van der Waals surface area contributed by atoms with Gasteiger partial charge in [-0.3, -0.25) is 0 Å². The maximum absolute atomic E-state index is 5.17. The standard InChI is InChI=1S/C15H21N2OSe/c1-17(13-8-10-14(18-2)11-9-13)15(19)16-12-6-4-3-5-7-12/h8-12H,3-7H2,1-2H3. The Morgan fingerprint density at radius 3 is 2.42 bits per heavy atom. The average Bonchev–Trinajstić information content (AvgIpc) is 2.47. The van der Waals surface area contributed by atoms with Gasteiger partial charge in [0.05, 0.1) is 0 Å². The fourth-order valence-corrected chi connectivity index (χ4v) is 2.90. The van der Waals surface area contributed by atoms with Crippen molar-refractivity contribution in [1.29, 1.82) is 0 Å². The fraction of sp³-hybridized carbons (Fsp3) is 0.533. The molecule has 1 aromatic rings. The molecule has 0 aliphatic heterocycles. The summed E-state index contributed by atoms with van der Waals surface area (Å²) in [6, 6.07) is 8.53. The third kappa shape index (κ3) is 3.99. The molecule has 1 aromatic carbocycles. The number of ether oxygens (including phenoxy) is 1. The molecule has 0 N–H and O–H groups in total. The SMILES string of the molecule is COc1ccc(N(C)C([Se])=NC2CCCCC2)cc1. The Hall–Kier alpha value is -0.991. The van der Waals surface area contributed by atoms with Crippen molar-refractivity contribution in [3.8, 4) is 5.75 Å². The van der Waals surface area contributed by atoms with Gasteiger partial charge in [-0.1, -0.05) is 0 Å². The van der Waals surface area contributed by atoms with Crippen LogP contribution in [0.25, 0.3) is 0 Å². The van der Waals surface area contributed by atoms with Crippen LogP contribution in [-0.4, -0.2) is 40.9 Å². The molecule has 4 heteroatoms. The topological polar surface area (TPSA) is 24.8 Å². The van der Waals surface area contributed by atoms with E-state index in [2.05, 4.69) is 20.9 Å². The van der Waals surface area contributed by atoms with Gasteiger partial charge in [-0.15, -0.1) is 0 Å². The predicted molar refractivity (Wildman–Crippen MR) is 81.5 cm³/mol. The second kappa shape index (κ2) is 6.97. The molecule has 0 aromatic heterocycles. The molecule has 1 aliphatic rings. The summed E-state index contributed by atoms with van der Waals surface area (Å²) in [5.41, 5.74) is 1.12. The van der Waals surface area contributed by atoms with Crippen molar-refractivity contribution >= 4 is 26.4 Å². The molecular formula is C15H21N2OSe. The van der Waals surface area contributed by atoms with Crippen LogP contribution in [0.5, 0.6) is 5.75 Å². The first kappa shape index (κ1) is 14.4. The first-order chi connectivity index (χ1) is 9.20. The first-order valence-corrected chi connectivity index (χ1v) is 7.69. The zero-order valence-corrected chi connectivity index (χ0v) is 13.3. The minimum atomic E-state index is 0.491. The summed E-state index contributed by atoms with van der Waals surface area (Å²) in [5, 5.41) is 0. The Bertz CT molecular complexity index is 424. The molecule has 0 atom stereocenters. The van der Waals surface area contributed by atoms with E-state index in [0.717, 1.165) is 16.2 Å². The van der Waals surface area contributed by atoms with Crippen LogP contribution in [0.3, 0.4) is 0 Å². The van der Waals surface area contributed by atoms with E-state index in [1.807, 2.05) is 31.3 Å². The normalized spacial score (nSPS) is 17.3. The molecule has 1 aliphatic carbocycles. The van der Waals surface area contributed by atoms with Gasteiger partial charge >= 0.3 is 123 Å². The van der Waals surface area contributed by atoms with E-state index >= 15 is 0 Å². The van der Waals surface area contributed by atoms with Gasteiger partial charge in [0.1, 0.15) is 0 Å². The van der Waals surface area contributed by atoms with Crippen molar-refractivity contribution in [2.75, 3.05) is 19.1 Å². The van der Waals surface area contributed by atoms with Crippen molar-refractivity contribution in [3.05, 3.63) is 24.3 Å². The molecule has 19 heavy (non-hydrogen) atoms. The van der Waals surface area contributed by atoms with Crippen molar-refractivity contribution in [1.82, 2.24) is 0 Å². The van der Waals surface area contributed by atoms with Crippen molar-refractivity contribution in [3.63, 3.8) is 0 Å². The zero-order valence-electron chi connectivity index (χ0n) is 11.6. The third-order valence-electron chi connectivity index (χ3n) is 3.61. The van der Waals surface area contributed by atoms with Crippen molar-refractivity contribution in [2.45, 2.75) is 38.1 Å². The monoisotopic (exact) mass is 325 g/mol. The number of aliphatic imine (C=N–C) groups is 1. The van der Waals surface area contributed by atoms with Gasteiger partial charge in [0.2, 0.25) is 0 Å². The molecule has 1 radical (unpaired) electrons. The Balaban J connectivity index is 2.04. The molecule has 1 fully saturated rings. The molecule has 0 heterocycles. The molecular weight excluding hydrogens is 303 g/mol. The van der Waals surface area contributed by atoms with Gasteiger partial charge in [0, 0.05) is 0 Å². The van der Waals surface area contributed by atoms with Crippen LogP contribution < -0.4 is 9.64 Å². The van der Waals surface area contributed by atoms with Crippen molar-refractivity contribution in [2.24, 2.45) is 4.99 Å². The zero-order chi connectivity index (χ0) is 13.7. The van der Waals surface area contributed by atoms with E-state index in [1.54, 1.807) is 7.11 Å². The fourth-order valence-electron chi connectivity index (χ4n) is 2.37. The maximum atomic E-state index is 5.17. The summed E-state index contributed by atoms with van der Waals surface area (Å²) < 4.78 is 6.14. The molecule has 2 rings (SSSR count). The Morgan fingerprint density at radius 1 is 1.21 bits per heavy atom. The van der Waals surface area contributed by atoms with Gasteiger partial charge in [0.15, 0.2) is 0 Å². The second-order valence-corrected chi connectivity index (χ2v) is 5.73. The van der Waals surface area contributed by atoms with Crippen LogP contribution >= 0.6 is 0 Å². The Kier molecular flexibility index (Phi) is 5.29. The van der Waals surface area contributed by atoms with E-state index in [9.17, 15) is 0 Å². The average molecular weight is 324 g/mol. The predicted octanol–water partition coefficient (Wildman–Crippen LogP) is 2.99. The van der Waals surface area contributed by atoms with Crippen LogP contribution in [0.2, 0.25) is 0 Å². The minimum absolute atomic E-state index is 0.491. The van der Waals surface area contributed by atoms with E-state index < -0.39 is 0 Å². The van der Waals surface area contributed by atoms with E-state index in [4.69, 9.17) is 9.73 Å². The summed E-state index contributed by atoms with van der Waals surface area (Å²) >= 11 is 3.10. The number of benzene rings is 1. The molecule has 0 saturated heterocycles. The number of nitrogens with zero attached hydrogens (tertiary/aromatic N) is 2. The quantitative estimate of drug-likeness (QED) is 0.485. The summed E-state index contributed by atoms with van der Waals surface area (Å²) in [7, 11) is 3.72.